The molecule has 5 nitrogen and oxygen atoms in total. The lowest BCUT2D eigenvalue weighted by Crippen LogP contribution is -2.36. The van der Waals surface area contributed by atoms with Gasteiger partial charge >= 0.3 is 0 Å². The van der Waals surface area contributed by atoms with Gasteiger partial charge in [0.05, 0.1) is 13.2 Å². The van der Waals surface area contributed by atoms with Gasteiger partial charge in [-0.05, 0) is 66.1 Å². The largest absolute Gasteiger partial charge is 0.508 e. The fourth-order valence-electron chi connectivity index (χ4n) is 4.55. The molecule has 3 aromatic carbocycles. The van der Waals surface area contributed by atoms with Crippen LogP contribution in [0.5, 0.6) is 17.2 Å². The van der Waals surface area contributed by atoms with Crippen LogP contribution in [0.4, 0.5) is 4.39 Å². The predicted octanol–water partition coefficient (Wildman–Crippen LogP) is 5.82. The molecule has 1 fully saturated rings. The number of ether oxygens (including phenoxy) is 3. The number of rotatable bonds is 6. The van der Waals surface area contributed by atoms with E-state index in [0.717, 1.165) is 52.4 Å². The van der Waals surface area contributed by atoms with Crippen molar-refractivity contribution in [3.05, 3.63) is 102 Å². The van der Waals surface area contributed by atoms with E-state index in [1.807, 2.05) is 31.2 Å². The summed E-state index contributed by atoms with van der Waals surface area (Å²) in [4.78, 5) is 2.19. The van der Waals surface area contributed by atoms with Crippen LogP contribution in [0.25, 0.3) is 11.1 Å². The molecule has 35 heavy (non-hydrogen) atoms. The van der Waals surface area contributed by atoms with Crippen molar-refractivity contribution in [1.82, 2.24) is 4.90 Å². The van der Waals surface area contributed by atoms with Gasteiger partial charge in [0, 0.05) is 29.9 Å². The highest BCUT2D eigenvalue weighted by Crippen LogP contribution is 2.47. The third-order valence-electron chi connectivity index (χ3n) is 6.48. The third kappa shape index (κ3) is 4.88. The molecule has 2 aliphatic rings. The highest BCUT2D eigenvalue weighted by molar-refractivity contribution is 5.95. The molecular weight excluding hydrogens is 445 g/mol. The predicted molar refractivity (Wildman–Crippen MR) is 134 cm³/mol. The number of halogens is 1. The number of allylic oxidation sites excluding steroid dienone is 1. The zero-order chi connectivity index (χ0) is 24.4. The van der Waals surface area contributed by atoms with Gasteiger partial charge in [0.25, 0.3) is 0 Å². The van der Waals surface area contributed by atoms with Gasteiger partial charge < -0.3 is 24.2 Å². The molecule has 1 unspecified atom stereocenters. The van der Waals surface area contributed by atoms with Gasteiger partial charge in [-0.15, -0.1) is 0 Å². The van der Waals surface area contributed by atoms with E-state index in [2.05, 4.69) is 11.5 Å². The Morgan fingerprint density at radius 3 is 2.49 bits per heavy atom. The molecule has 0 aliphatic carbocycles. The Morgan fingerprint density at radius 2 is 1.77 bits per heavy atom. The molecule has 5 rings (SSSR count). The van der Waals surface area contributed by atoms with Gasteiger partial charge in [0.2, 0.25) is 0 Å². The van der Waals surface area contributed by atoms with Crippen molar-refractivity contribution in [2.24, 2.45) is 0 Å². The van der Waals surface area contributed by atoms with Crippen LogP contribution in [0.2, 0.25) is 0 Å². The fourth-order valence-corrected chi connectivity index (χ4v) is 4.55. The van der Waals surface area contributed by atoms with Crippen molar-refractivity contribution in [2.45, 2.75) is 13.0 Å². The van der Waals surface area contributed by atoms with Gasteiger partial charge in [-0.2, -0.15) is 0 Å². The highest BCUT2D eigenvalue weighted by Gasteiger charge is 2.29. The summed E-state index contributed by atoms with van der Waals surface area (Å²) in [6, 6.07) is 19.3. The number of phenolic OH excluding ortho intramolecular Hbond substituents is 1. The molecule has 180 valence electrons. The van der Waals surface area contributed by atoms with E-state index < -0.39 is 6.10 Å². The number of benzene rings is 3. The van der Waals surface area contributed by atoms with E-state index in [9.17, 15) is 9.50 Å². The Bertz CT molecular complexity index is 1240. The van der Waals surface area contributed by atoms with Gasteiger partial charge in [-0.3, -0.25) is 0 Å². The van der Waals surface area contributed by atoms with Crippen molar-refractivity contribution in [3.63, 3.8) is 0 Å². The van der Waals surface area contributed by atoms with Crippen molar-refractivity contribution in [2.75, 3.05) is 32.9 Å². The second-order valence-corrected chi connectivity index (χ2v) is 8.75. The monoisotopic (exact) mass is 473 g/mol. The standard InChI is InChI=1S/C29H28FNO4/c1-19(31-13-15-33-16-14-31)18-34-25-10-5-22(6-11-25)29-28(21-3-7-23(30)8-4-21)20(2)26-17-24(32)9-12-27(26)35-29/h3-12,17,29,32H,1,13-16,18H2,2H3. The summed E-state index contributed by atoms with van der Waals surface area (Å²) >= 11 is 0. The molecule has 1 atom stereocenters. The zero-order valence-corrected chi connectivity index (χ0v) is 19.7. The molecule has 0 amide bonds. The molecule has 0 saturated carbocycles. The highest BCUT2D eigenvalue weighted by atomic mass is 19.1. The summed E-state index contributed by atoms with van der Waals surface area (Å²) in [7, 11) is 0. The number of phenols is 1. The number of nitrogens with zero attached hydrogens (tertiary/aromatic N) is 1. The maximum atomic E-state index is 13.6. The first kappa shape index (κ1) is 23.0. The topological polar surface area (TPSA) is 51.2 Å². The van der Waals surface area contributed by atoms with Crippen LogP contribution in [0, 0.1) is 5.82 Å². The molecule has 0 aromatic heterocycles. The minimum Gasteiger partial charge on any atom is -0.508 e. The zero-order valence-electron chi connectivity index (χ0n) is 19.7. The molecule has 1 N–H and O–H groups in total. The van der Waals surface area contributed by atoms with E-state index in [1.54, 1.807) is 30.3 Å². The Labute approximate surface area is 204 Å². The van der Waals surface area contributed by atoms with Gasteiger partial charge in [0.15, 0.2) is 0 Å². The first-order valence-electron chi connectivity index (χ1n) is 11.7. The Hall–Kier alpha value is -3.77. The maximum Gasteiger partial charge on any atom is 0.150 e. The first-order chi connectivity index (χ1) is 17.0. The summed E-state index contributed by atoms with van der Waals surface area (Å²) < 4.78 is 31.4. The van der Waals surface area contributed by atoms with Crippen molar-refractivity contribution in [3.8, 4) is 17.2 Å². The second kappa shape index (κ2) is 9.84. The number of hydrogen-bond donors (Lipinski definition) is 1. The maximum absolute atomic E-state index is 13.6. The quantitative estimate of drug-likeness (QED) is 0.489. The number of fused-ring (bicyclic) bond motifs is 1. The number of aromatic hydroxyl groups is 1. The summed E-state index contributed by atoms with van der Waals surface area (Å²) in [5, 5.41) is 10.0. The lowest BCUT2D eigenvalue weighted by atomic mass is 9.86. The molecule has 2 aliphatic heterocycles. The fraction of sp³-hybridized carbons (Fsp3) is 0.241. The Morgan fingerprint density at radius 1 is 1.06 bits per heavy atom. The average Bonchev–Trinajstić information content (AvgIpc) is 2.89. The molecule has 3 aromatic rings. The molecule has 0 radical (unpaired) electrons. The normalized spacial score (nSPS) is 17.5. The smallest absolute Gasteiger partial charge is 0.150 e. The van der Waals surface area contributed by atoms with E-state index in [4.69, 9.17) is 14.2 Å². The van der Waals surface area contributed by atoms with Crippen LogP contribution in [-0.4, -0.2) is 42.9 Å². The average molecular weight is 474 g/mol. The summed E-state index contributed by atoms with van der Waals surface area (Å²) in [5.74, 6) is 1.31. The van der Waals surface area contributed by atoms with Gasteiger partial charge in [-0.25, -0.2) is 4.39 Å². The minimum absolute atomic E-state index is 0.170. The number of hydrogen-bond acceptors (Lipinski definition) is 5. The molecule has 0 spiro atoms. The third-order valence-corrected chi connectivity index (χ3v) is 6.48. The van der Waals surface area contributed by atoms with Crippen LogP contribution < -0.4 is 9.47 Å². The van der Waals surface area contributed by atoms with Crippen molar-refractivity contribution in [1.29, 1.82) is 0 Å². The lowest BCUT2D eigenvalue weighted by molar-refractivity contribution is 0.0494. The van der Waals surface area contributed by atoms with Crippen molar-refractivity contribution >= 4 is 11.1 Å². The molecule has 0 bridgehead atoms. The van der Waals surface area contributed by atoms with Crippen LogP contribution in [0.1, 0.15) is 29.7 Å². The van der Waals surface area contributed by atoms with E-state index >= 15 is 0 Å². The molecular formula is C29H28FNO4. The minimum atomic E-state index is -0.394. The summed E-state index contributed by atoms with van der Waals surface area (Å²) in [6.45, 7) is 9.64. The van der Waals surface area contributed by atoms with Gasteiger partial charge in [0.1, 0.15) is 35.8 Å². The van der Waals surface area contributed by atoms with Gasteiger partial charge in [-0.1, -0.05) is 30.8 Å². The van der Waals surface area contributed by atoms with E-state index in [0.29, 0.717) is 25.6 Å². The lowest BCUT2D eigenvalue weighted by Gasteiger charge is -2.31. The Kier molecular flexibility index (Phi) is 6.47. The molecule has 1 saturated heterocycles. The second-order valence-electron chi connectivity index (χ2n) is 8.75. The van der Waals surface area contributed by atoms with Crippen LogP contribution >= 0.6 is 0 Å². The number of morpholine rings is 1. The van der Waals surface area contributed by atoms with E-state index in [-0.39, 0.29) is 11.6 Å². The summed E-state index contributed by atoms with van der Waals surface area (Å²) in [6.07, 6.45) is -0.394. The van der Waals surface area contributed by atoms with E-state index in [1.165, 1.54) is 12.1 Å². The first-order valence-corrected chi connectivity index (χ1v) is 11.7. The van der Waals surface area contributed by atoms with Crippen LogP contribution in [0.15, 0.2) is 79.0 Å². The molecule has 6 heteroatoms. The van der Waals surface area contributed by atoms with Crippen LogP contribution in [-0.2, 0) is 4.74 Å². The SMILES string of the molecule is C=C(COc1ccc(C2Oc3ccc(O)cc3C(C)=C2c2ccc(F)cc2)cc1)N1CCOCC1. The summed E-state index contributed by atoms with van der Waals surface area (Å²) in [5.41, 5.74) is 5.47. The molecule has 2 heterocycles. The van der Waals surface area contributed by atoms with Crippen LogP contribution in [0.3, 0.4) is 0 Å². The van der Waals surface area contributed by atoms with Crippen molar-refractivity contribution < 1.29 is 23.7 Å². The Balaban J connectivity index is 1.40.